The molecule has 2 rings (SSSR count). The Morgan fingerprint density at radius 1 is 1.27 bits per heavy atom. The van der Waals surface area contributed by atoms with Crippen LogP contribution in [0.15, 0.2) is 30.3 Å². The fourth-order valence-corrected chi connectivity index (χ4v) is 1.34. The molecular formula is C9H11NO. The molecule has 2 heteroatoms. The molecule has 1 fully saturated rings. The van der Waals surface area contributed by atoms with E-state index in [4.69, 9.17) is 0 Å². The van der Waals surface area contributed by atoms with Gasteiger partial charge in [0.1, 0.15) is 0 Å². The molecule has 1 aliphatic heterocycles. The summed E-state index contributed by atoms with van der Waals surface area (Å²) in [4.78, 5) is 0. The summed E-state index contributed by atoms with van der Waals surface area (Å²) in [6.45, 7) is 0.722. The summed E-state index contributed by atoms with van der Waals surface area (Å²) in [5.74, 6) is 0. The molecule has 0 bridgehead atoms. The third kappa shape index (κ3) is 1.15. The SMILES string of the molecule is O[C@@H]1CN[C@H]1c1ccccc1. The van der Waals surface area contributed by atoms with Gasteiger partial charge in [0.2, 0.25) is 0 Å². The number of hydrogen-bond acceptors (Lipinski definition) is 2. The van der Waals surface area contributed by atoms with Crippen LogP contribution in [-0.2, 0) is 0 Å². The van der Waals surface area contributed by atoms with Crippen LogP contribution in [0.1, 0.15) is 11.6 Å². The number of benzene rings is 1. The van der Waals surface area contributed by atoms with Gasteiger partial charge in [0.25, 0.3) is 0 Å². The Hall–Kier alpha value is -0.860. The first-order valence-corrected chi connectivity index (χ1v) is 3.84. The van der Waals surface area contributed by atoms with E-state index < -0.39 is 0 Å². The van der Waals surface area contributed by atoms with Gasteiger partial charge in [-0.3, -0.25) is 0 Å². The smallest absolute Gasteiger partial charge is 0.0859 e. The summed E-state index contributed by atoms with van der Waals surface area (Å²) < 4.78 is 0. The van der Waals surface area contributed by atoms with E-state index in [1.807, 2.05) is 30.3 Å². The van der Waals surface area contributed by atoms with E-state index >= 15 is 0 Å². The molecule has 1 heterocycles. The van der Waals surface area contributed by atoms with Crippen molar-refractivity contribution in [3.63, 3.8) is 0 Å². The molecule has 2 nitrogen and oxygen atoms in total. The van der Waals surface area contributed by atoms with Gasteiger partial charge in [-0.2, -0.15) is 0 Å². The van der Waals surface area contributed by atoms with Crippen LogP contribution in [0.2, 0.25) is 0 Å². The lowest BCUT2D eigenvalue weighted by Crippen LogP contribution is -2.49. The molecule has 2 atom stereocenters. The van der Waals surface area contributed by atoms with Crippen molar-refractivity contribution in [3.05, 3.63) is 35.9 Å². The molecule has 0 unspecified atom stereocenters. The van der Waals surface area contributed by atoms with Crippen molar-refractivity contribution in [2.45, 2.75) is 12.1 Å². The highest BCUT2D eigenvalue weighted by Crippen LogP contribution is 2.22. The van der Waals surface area contributed by atoms with Gasteiger partial charge in [-0.15, -0.1) is 0 Å². The van der Waals surface area contributed by atoms with E-state index in [1.165, 1.54) is 5.56 Å². The Labute approximate surface area is 65.9 Å². The third-order valence-electron chi connectivity index (χ3n) is 2.09. The maximum Gasteiger partial charge on any atom is 0.0859 e. The first-order valence-electron chi connectivity index (χ1n) is 3.84. The molecule has 0 aromatic heterocycles. The van der Waals surface area contributed by atoms with Crippen molar-refractivity contribution in [2.75, 3.05) is 6.54 Å². The topological polar surface area (TPSA) is 32.3 Å². The molecule has 1 aromatic rings. The lowest BCUT2D eigenvalue weighted by Gasteiger charge is -2.34. The Kier molecular flexibility index (Phi) is 1.64. The molecule has 1 saturated heterocycles. The summed E-state index contributed by atoms with van der Waals surface area (Å²) in [5, 5.41) is 12.5. The third-order valence-corrected chi connectivity index (χ3v) is 2.09. The largest absolute Gasteiger partial charge is 0.390 e. The van der Waals surface area contributed by atoms with Crippen LogP contribution in [0, 0.1) is 0 Å². The molecular weight excluding hydrogens is 138 g/mol. The fraction of sp³-hybridized carbons (Fsp3) is 0.333. The van der Waals surface area contributed by atoms with E-state index in [-0.39, 0.29) is 12.1 Å². The number of aliphatic hydroxyl groups excluding tert-OH is 1. The van der Waals surface area contributed by atoms with Gasteiger partial charge < -0.3 is 10.4 Å². The van der Waals surface area contributed by atoms with Gasteiger partial charge in [0.15, 0.2) is 0 Å². The standard InChI is InChI=1S/C9H11NO/c11-8-6-10-9(8)7-4-2-1-3-5-7/h1-5,8-11H,6H2/t8-,9+/m1/s1. The molecule has 0 amide bonds. The lowest BCUT2D eigenvalue weighted by molar-refractivity contribution is 0.0611. The van der Waals surface area contributed by atoms with Gasteiger partial charge in [-0.1, -0.05) is 30.3 Å². The summed E-state index contributed by atoms with van der Waals surface area (Å²) in [6, 6.07) is 10.2. The molecule has 58 valence electrons. The maximum atomic E-state index is 9.30. The number of β-amino-alcohol motifs (C(OH)–C–C–N with tert-alkyl or cyclic N) is 1. The minimum atomic E-state index is -0.197. The predicted molar refractivity (Wildman–Crippen MR) is 43.2 cm³/mol. The van der Waals surface area contributed by atoms with E-state index in [1.54, 1.807) is 0 Å². The van der Waals surface area contributed by atoms with Crippen molar-refractivity contribution in [3.8, 4) is 0 Å². The van der Waals surface area contributed by atoms with Gasteiger partial charge in [0.05, 0.1) is 12.1 Å². The quantitative estimate of drug-likeness (QED) is 0.615. The summed E-state index contributed by atoms with van der Waals surface area (Å²) >= 11 is 0. The second-order valence-electron chi connectivity index (χ2n) is 2.86. The van der Waals surface area contributed by atoms with Crippen molar-refractivity contribution >= 4 is 0 Å². The van der Waals surface area contributed by atoms with Crippen LogP contribution >= 0.6 is 0 Å². The van der Waals surface area contributed by atoms with Gasteiger partial charge in [0, 0.05) is 6.54 Å². The van der Waals surface area contributed by atoms with Crippen molar-refractivity contribution < 1.29 is 5.11 Å². The highest BCUT2D eigenvalue weighted by atomic mass is 16.3. The highest BCUT2D eigenvalue weighted by Gasteiger charge is 2.28. The molecule has 0 spiro atoms. The fourth-order valence-electron chi connectivity index (χ4n) is 1.34. The molecule has 1 aromatic carbocycles. The monoisotopic (exact) mass is 149 g/mol. The zero-order valence-corrected chi connectivity index (χ0v) is 6.20. The van der Waals surface area contributed by atoms with Crippen LogP contribution in [0.5, 0.6) is 0 Å². The van der Waals surface area contributed by atoms with Crippen molar-refractivity contribution in [2.24, 2.45) is 0 Å². The molecule has 1 aliphatic rings. The van der Waals surface area contributed by atoms with Crippen LogP contribution < -0.4 is 5.32 Å². The number of rotatable bonds is 1. The van der Waals surface area contributed by atoms with Gasteiger partial charge in [-0.25, -0.2) is 0 Å². The number of hydrogen-bond donors (Lipinski definition) is 2. The van der Waals surface area contributed by atoms with Crippen molar-refractivity contribution in [1.82, 2.24) is 5.32 Å². The van der Waals surface area contributed by atoms with Gasteiger partial charge in [-0.05, 0) is 5.56 Å². The Balaban J connectivity index is 2.17. The highest BCUT2D eigenvalue weighted by molar-refractivity contribution is 5.22. The van der Waals surface area contributed by atoms with E-state index in [2.05, 4.69) is 5.32 Å². The average Bonchev–Trinajstić information content (AvgIpc) is 2.04. The Morgan fingerprint density at radius 2 is 2.00 bits per heavy atom. The summed E-state index contributed by atoms with van der Waals surface area (Å²) in [7, 11) is 0. The first-order chi connectivity index (χ1) is 5.38. The summed E-state index contributed by atoms with van der Waals surface area (Å²) in [6.07, 6.45) is -0.197. The molecule has 11 heavy (non-hydrogen) atoms. The van der Waals surface area contributed by atoms with Crippen LogP contribution in [0.25, 0.3) is 0 Å². The second-order valence-corrected chi connectivity index (χ2v) is 2.86. The van der Waals surface area contributed by atoms with E-state index in [0.29, 0.717) is 0 Å². The van der Waals surface area contributed by atoms with Gasteiger partial charge >= 0.3 is 0 Å². The van der Waals surface area contributed by atoms with E-state index in [0.717, 1.165) is 6.54 Å². The molecule has 2 N–H and O–H groups in total. The summed E-state index contributed by atoms with van der Waals surface area (Å²) in [5.41, 5.74) is 1.17. The normalized spacial score (nSPS) is 29.5. The average molecular weight is 149 g/mol. The van der Waals surface area contributed by atoms with Crippen molar-refractivity contribution in [1.29, 1.82) is 0 Å². The number of aliphatic hydroxyl groups is 1. The lowest BCUT2D eigenvalue weighted by atomic mass is 9.95. The van der Waals surface area contributed by atoms with Crippen LogP contribution in [-0.4, -0.2) is 17.8 Å². The number of nitrogens with one attached hydrogen (secondary N) is 1. The minimum absolute atomic E-state index is 0.163. The van der Waals surface area contributed by atoms with E-state index in [9.17, 15) is 5.11 Å². The zero-order chi connectivity index (χ0) is 7.68. The first kappa shape index (κ1) is 6.83. The Morgan fingerprint density at radius 3 is 2.45 bits per heavy atom. The predicted octanol–water partition coefficient (Wildman–Crippen LogP) is 0.692. The Bertz CT molecular complexity index is 235. The van der Waals surface area contributed by atoms with Crippen LogP contribution in [0.4, 0.5) is 0 Å². The zero-order valence-electron chi connectivity index (χ0n) is 6.20. The molecule has 0 radical (unpaired) electrons. The molecule has 0 aliphatic carbocycles. The second kappa shape index (κ2) is 2.64. The van der Waals surface area contributed by atoms with Crippen LogP contribution in [0.3, 0.4) is 0 Å². The maximum absolute atomic E-state index is 9.30. The minimum Gasteiger partial charge on any atom is -0.390 e. The molecule has 0 saturated carbocycles.